The molecule has 1 N–H and O–H groups in total. The molecule has 0 heterocycles. The van der Waals surface area contributed by atoms with Gasteiger partial charge in [0.15, 0.2) is 0 Å². The number of aliphatic hydroxyl groups excluding tert-OH is 1. The van der Waals surface area contributed by atoms with Gasteiger partial charge in [-0.3, -0.25) is 0 Å². The molecule has 0 fully saturated rings. The van der Waals surface area contributed by atoms with Crippen molar-refractivity contribution in [1.82, 2.24) is 0 Å². The molecule has 0 aromatic heterocycles. The van der Waals surface area contributed by atoms with Gasteiger partial charge in [-0.2, -0.15) is 0 Å². The molecule has 0 aliphatic heterocycles. The van der Waals surface area contributed by atoms with Crippen molar-refractivity contribution in [1.29, 1.82) is 0 Å². The Morgan fingerprint density at radius 2 is 2.08 bits per heavy atom. The quantitative estimate of drug-likeness (QED) is 0.625. The number of hydrogen-bond donors (Lipinski definition) is 1. The number of rotatable bonds is 5. The average molecular weight is 168 g/mol. The highest BCUT2D eigenvalue weighted by Crippen LogP contribution is 2.11. The molecular formula is C11H20O. The Labute approximate surface area is 75.8 Å². The van der Waals surface area contributed by atoms with Crippen LogP contribution in [-0.4, -0.2) is 11.2 Å². The Hall–Kier alpha value is -0.560. The van der Waals surface area contributed by atoms with Crippen LogP contribution in [0.1, 0.15) is 40.0 Å². The molecule has 1 nitrogen and oxygen atoms in total. The topological polar surface area (TPSA) is 20.2 Å². The predicted octanol–water partition coefficient (Wildman–Crippen LogP) is 3.06. The largest absolute Gasteiger partial charge is 0.389 e. The second kappa shape index (κ2) is 6.01. The van der Waals surface area contributed by atoms with Crippen LogP contribution in [0.5, 0.6) is 0 Å². The minimum Gasteiger partial charge on any atom is -0.389 e. The van der Waals surface area contributed by atoms with Crippen LogP contribution >= 0.6 is 0 Å². The molecule has 0 saturated heterocycles. The summed E-state index contributed by atoms with van der Waals surface area (Å²) in [5.41, 5.74) is 2.22. The molecule has 1 atom stereocenters. The average Bonchev–Trinajstić information content (AvgIpc) is 2.00. The SMILES string of the molecule is C=C(C)CCC(O)/C(C)=C/CC. The summed E-state index contributed by atoms with van der Waals surface area (Å²) in [6, 6.07) is 0. The Morgan fingerprint density at radius 1 is 1.50 bits per heavy atom. The molecule has 0 spiro atoms. The molecule has 0 radical (unpaired) electrons. The van der Waals surface area contributed by atoms with E-state index in [1.165, 1.54) is 0 Å². The van der Waals surface area contributed by atoms with Gasteiger partial charge in [0.1, 0.15) is 0 Å². The van der Waals surface area contributed by atoms with Gasteiger partial charge in [0.05, 0.1) is 6.10 Å². The van der Waals surface area contributed by atoms with E-state index < -0.39 is 0 Å². The van der Waals surface area contributed by atoms with Crippen LogP contribution in [0.15, 0.2) is 23.8 Å². The van der Waals surface area contributed by atoms with E-state index in [1.807, 2.05) is 13.8 Å². The van der Waals surface area contributed by atoms with Crippen LogP contribution in [-0.2, 0) is 0 Å². The molecule has 0 aromatic carbocycles. The minimum atomic E-state index is -0.276. The third-order valence-corrected chi connectivity index (χ3v) is 1.90. The van der Waals surface area contributed by atoms with Gasteiger partial charge in [0.25, 0.3) is 0 Å². The smallest absolute Gasteiger partial charge is 0.0750 e. The van der Waals surface area contributed by atoms with Crippen LogP contribution in [0.4, 0.5) is 0 Å². The molecule has 0 aliphatic carbocycles. The first-order chi connectivity index (χ1) is 5.57. The van der Waals surface area contributed by atoms with Gasteiger partial charge in [-0.25, -0.2) is 0 Å². The second-order valence-corrected chi connectivity index (χ2v) is 3.37. The summed E-state index contributed by atoms with van der Waals surface area (Å²) in [5, 5.41) is 9.59. The van der Waals surface area contributed by atoms with Gasteiger partial charge in [0, 0.05) is 0 Å². The van der Waals surface area contributed by atoms with Crippen LogP contribution in [0.2, 0.25) is 0 Å². The fraction of sp³-hybridized carbons (Fsp3) is 0.636. The number of aliphatic hydroxyl groups is 1. The molecule has 0 aliphatic rings. The van der Waals surface area contributed by atoms with Gasteiger partial charge >= 0.3 is 0 Å². The lowest BCUT2D eigenvalue weighted by atomic mass is 10.0. The van der Waals surface area contributed by atoms with Gasteiger partial charge in [-0.05, 0) is 38.7 Å². The summed E-state index contributed by atoms with van der Waals surface area (Å²) < 4.78 is 0. The van der Waals surface area contributed by atoms with E-state index in [-0.39, 0.29) is 6.10 Å². The molecule has 1 heteroatoms. The maximum atomic E-state index is 9.59. The normalized spacial score (nSPS) is 14.5. The zero-order valence-electron chi connectivity index (χ0n) is 8.43. The molecule has 0 rings (SSSR count). The Balaban J connectivity index is 3.78. The van der Waals surface area contributed by atoms with E-state index >= 15 is 0 Å². The standard InChI is InChI=1S/C11H20O/c1-5-6-10(4)11(12)8-7-9(2)3/h6,11-12H,2,5,7-8H2,1,3-4H3/b10-6+. The Bertz CT molecular complexity index is 168. The fourth-order valence-electron chi connectivity index (χ4n) is 1.07. The van der Waals surface area contributed by atoms with Crippen molar-refractivity contribution in [3.63, 3.8) is 0 Å². The predicted molar refractivity (Wildman–Crippen MR) is 54.1 cm³/mol. The number of hydrogen-bond acceptors (Lipinski definition) is 1. The van der Waals surface area contributed by atoms with Gasteiger partial charge in [-0.1, -0.05) is 18.6 Å². The summed E-state index contributed by atoms with van der Waals surface area (Å²) in [7, 11) is 0. The van der Waals surface area contributed by atoms with Crippen molar-refractivity contribution in [2.24, 2.45) is 0 Å². The summed E-state index contributed by atoms with van der Waals surface area (Å²) in [6.07, 6.45) is 4.51. The molecule has 0 amide bonds. The van der Waals surface area contributed by atoms with Gasteiger partial charge < -0.3 is 5.11 Å². The molecule has 0 aromatic rings. The van der Waals surface area contributed by atoms with Crippen molar-refractivity contribution in [3.05, 3.63) is 23.8 Å². The Kier molecular flexibility index (Phi) is 5.73. The summed E-state index contributed by atoms with van der Waals surface area (Å²) >= 11 is 0. The second-order valence-electron chi connectivity index (χ2n) is 3.37. The van der Waals surface area contributed by atoms with Crippen molar-refractivity contribution in [3.8, 4) is 0 Å². The highest BCUT2D eigenvalue weighted by Gasteiger charge is 2.04. The first-order valence-corrected chi connectivity index (χ1v) is 4.57. The Morgan fingerprint density at radius 3 is 2.50 bits per heavy atom. The van der Waals surface area contributed by atoms with Gasteiger partial charge in [-0.15, -0.1) is 6.58 Å². The molecule has 0 bridgehead atoms. The van der Waals surface area contributed by atoms with Crippen molar-refractivity contribution >= 4 is 0 Å². The third-order valence-electron chi connectivity index (χ3n) is 1.90. The highest BCUT2D eigenvalue weighted by molar-refractivity contribution is 5.05. The van der Waals surface area contributed by atoms with Crippen LogP contribution in [0.3, 0.4) is 0 Å². The molecule has 0 saturated carbocycles. The lowest BCUT2D eigenvalue weighted by Crippen LogP contribution is -2.07. The molecule has 70 valence electrons. The maximum Gasteiger partial charge on any atom is 0.0750 e. The van der Waals surface area contributed by atoms with Crippen LogP contribution in [0, 0.1) is 0 Å². The van der Waals surface area contributed by atoms with Crippen molar-refractivity contribution < 1.29 is 5.11 Å². The fourth-order valence-corrected chi connectivity index (χ4v) is 1.07. The van der Waals surface area contributed by atoms with E-state index in [2.05, 4.69) is 19.6 Å². The summed E-state index contributed by atoms with van der Waals surface area (Å²) in [4.78, 5) is 0. The van der Waals surface area contributed by atoms with E-state index in [1.54, 1.807) is 0 Å². The van der Waals surface area contributed by atoms with E-state index in [4.69, 9.17) is 0 Å². The van der Waals surface area contributed by atoms with Crippen molar-refractivity contribution in [2.75, 3.05) is 0 Å². The van der Waals surface area contributed by atoms with E-state index in [0.29, 0.717) is 0 Å². The lowest BCUT2D eigenvalue weighted by Gasteiger charge is -2.10. The zero-order valence-corrected chi connectivity index (χ0v) is 8.43. The first kappa shape index (κ1) is 11.4. The number of allylic oxidation sites excluding steroid dienone is 2. The van der Waals surface area contributed by atoms with Gasteiger partial charge in [0.2, 0.25) is 0 Å². The lowest BCUT2D eigenvalue weighted by molar-refractivity contribution is 0.200. The summed E-state index contributed by atoms with van der Waals surface area (Å²) in [5.74, 6) is 0. The van der Waals surface area contributed by atoms with E-state index in [9.17, 15) is 5.11 Å². The summed E-state index contributed by atoms with van der Waals surface area (Å²) in [6.45, 7) is 9.85. The minimum absolute atomic E-state index is 0.276. The van der Waals surface area contributed by atoms with Crippen LogP contribution < -0.4 is 0 Å². The third kappa shape index (κ3) is 5.14. The van der Waals surface area contributed by atoms with Crippen LogP contribution in [0.25, 0.3) is 0 Å². The van der Waals surface area contributed by atoms with E-state index in [0.717, 1.165) is 30.4 Å². The van der Waals surface area contributed by atoms with Crippen molar-refractivity contribution in [2.45, 2.75) is 46.1 Å². The zero-order chi connectivity index (χ0) is 9.56. The highest BCUT2D eigenvalue weighted by atomic mass is 16.3. The monoisotopic (exact) mass is 168 g/mol. The molecule has 1 unspecified atom stereocenters. The molecular weight excluding hydrogens is 148 g/mol. The molecule has 12 heavy (non-hydrogen) atoms. The first-order valence-electron chi connectivity index (χ1n) is 4.57. The maximum absolute atomic E-state index is 9.59.